The first-order chi connectivity index (χ1) is 8.49. The Morgan fingerprint density at radius 3 is 1.95 bits per heavy atom. The SMILES string of the molecule is CCS(=O)(=O)c1ccc(NC(C)(C)C(C)(C)O)cc1. The first-order valence-corrected chi connectivity index (χ1v) is 7.98. The normalized spacial score (nSPS) is 13.4. The molecule has 0 saturated carbocycles. The summed E-state index contributed by atoms with van der Waals surface area (Å²) in [5, 5.41) is 13.3. The van der Waals surface area contributed by atoms with Crippen molar-refractivity contribution in [3.05, 3.63) is 24.3 Å². The van der Waals surface area contributed by atoms with Crippen LogP contribution in [0, 0.1) is 0 Å². The number of anilines is 1. The van der Waals surface area contributed by atoms with Crippen LogP contribution >= 0.6 is 0 Å². The molecule has 0 unspecified atom stereocenters. The molecule has 108 valence electrons. The van der Waals surface area contributed by atoms with E-state index in [1.807, 2.05) is 13.8 Å². The highest BCUT2D eigenvalue weighted by Gasteiger charge is 2.34. The number of nitrogens with one attached hydrogen (secondary N) is 1. The van der Waals surface area contributed by atoms with Crippen LogP contribution in [0.15, 0.2) is 29.2 Å². The molecule has 5 heteroatoms. The van der Waals surface area contributed by atoms with Crippen molar-refractivity contribution in [2.75, 3.05) is 11.1 Å². The molecule has 0 aliphatic heterocycles. The van der Waals surface area contributed by atoms with Crippen molar-refractivity contribution in [3.8, 4) is 0 Å². The molecule has 1 aromatic carbocycles. The van der Waals surface area contributed by atoms with Crippen molar-refractivity contribution < 1.29 is 13.5 Å². The molecule has 0 fully saturated rings. The molecule has 0 heterocycles. The van der Waals surface area contributed by atoms with Crippen LogP contribution in [0.1, 0.15) is 34.6 Å². The fourth-order valence-electron chi connectivity index (χ4n) is 1.43. The van der Waals surface area contributed by atoms with Crippen LogP contribution in [-0.4, -0.2) is 30.4 Å². The lowest BCUT2D eigenvalue weighted by molar-refractivity contribution is 0.0240. The number of hydrogen-bond acceptors (Lipinski definition) is 4. The molecule has 0 aliphatic carbocycles. The van der Waals surface area contributed by atoms with Gasteiger partial charge in [-0.2, -0.15) is 0 Å². The van der Waals surface area contributed by atoms with Gasteiger partial charge in [0.15, 0.2) is 9.84 Å². The van der Waals surface area contributed by atoms with E-state index in [1.165, 1.54) is 0 Å². The number of benzene rings is 1. The third-order valence-electron chi connectivity index (χ3n) is 3.58. The van der Waals surface area contributed by atoms with Gasteiger partial charge in [-0.15, -0.1) is 0 Å². The number of rotatable bonds is 5. The van der Waals surface area contributed by atoms with Crippen molar-refractivity contribution in [3.63, 3.8) is 0 Å². The van der Waals surface area contributed by atoms with Gasteiger partial charge in [0.25, 0.3) is 0 Å². The summed E-state index contributed by atoms with van der Waals surface area (Å²) < 4.78 is 23.4. The average molecular weight is 285 g/mol. The van der Waals surface area contributed by atoms with Crippen LogP contribution < -0.4 is 5.32 Å². The van der Waals surface area contributed by atoms with Crippen LogP contribution in [0.25, 0.3) is 0 Å². The van der Waals surface area contributed by atoms with E-state index in [4.69, 9.17) is 0 Å². The minimum absolute atomic E-state index is 0.0922. The fourth-order valence-corrected chi connectivity index (χ4v) is 2.31. The molecule has 0 bridgehead atoms. The third kappa shape index (κ3) is 3.70. The lowest BCUT2D eigenvalue weighted by atomic mass is 9.86. The highest BCUT2D eigenvalue weighted by atomic mass is 32.2. The first kappa shape index (κ1) is 16.0. The van der Waals surface area contributed by atoms with Crippen LogP contribution in [0.3, 0.4) is 0 Å². The van der Waals surface area contributed by atoms with Crippen LogP contribution in [0.2, 0.25) is 0 Å². The molecule has 0 spiro atoms. The Morgan fingerprint density at radius 1 is 1.11 bits per heavy atom. The predicted molar refractivity (Wildman–Crippen MR) is 78.2 cm³/mol. The van der Waals surface area contributed by atoms with Crippen LogP contribution in [0.4, 0.5) is 5.69 Å². The summed E-state index contributed by atoms with van der Waals surface area (Å²) in [6, 6.07) is 6.61. The van der Waals surface area contributed by atoms with Crippen LogP contribution in [0.5, 0.6) is 0 Å². The van der Waals surface area contributed by atoms with Gasteiger partial charge in [0.05, 0.1) is 21.8 Å². The minimum Gasteiger partial charge on any atom is -0.388 e. The Hall–Kier alpha value is -1.07. The Balaban J connectivity index is 2.96. The summed E-state index contributed by atoms with van der Waals surface area (Å²) in [5.74, 6) is 0.0922. The van der Waals surface area contributed by atoms with Crippen LogP contribution in [-0.2, 0) is 9.84 Å². The number of aliphatic hydroxyl groups is 1. The number of sulfone groups is 1. The van der Waals surface area contributed by atoms with Crippen molar-refractivity contribution >= 4 is 15.5 Å². The fraction of sp³-hybridized carbons (Fsp3) is 0.571. The molecular weight excluding hydrogens is 262 g/mol. The second-order valence-corrected chi connectivity index (χ2v) is 8.02. The molecule has 0 aromatic heterocycles. The molecular formula is C14H23NO3S. The highest BCUT2D eigenvalue weighted by Crippen LogP contribution is 2.26. The largest absolute Gasteiger partial charge is 0.388 e. The van der Waals surface area contributed by atoms with Gasteiger partial charge < -0.3 is 10.4 Å². The highest BCUT2D eigenvalue weighted by molar-refractivity contribution is 7.91. The Labute approximate surface area is 115 Å². The Morgan fingerprint density at radius 2 is 1.58 bits per heavy atom. The quantitative estimate of drug-likeness (QED) is 0.872. The summed E-state index contributed by atoms with van der Waals surface area (Å²) >= 11 is 0. The van der Waals surface area contributed by atoms with E-state index in [2.05, 4.69) is 5.32 Å². The molecule has 19 heavy (non-hydrogen) atoms. The van der Waals surface area contributed by atoms with Gasteiger partial charge in [-0.05, 0) is 52.0 Å². The van der Waals surface area contributed by atoms with Gasteiger partial charge in [-0.1, -0.05) is 6.92 Å². The van der Waals surface area contributed by atoms with Gasteiger partial charge in [0, 0.05) is 5.69 Å². The standard InChI is InChI=1S/C14H23NO3S/c1-6-19(17,18)12-9-7-11(8-10-12)15-13(2,3)14(4,5)16/h7-10,15-16H,6H2,1-5H3. The zero-order chi connectivity index (χ0) is 14.9. The van der Waals surface area contributed by atoms with Gasteiger partial charge in [-0.25, -0.2) is 8.42 Å². The molecule has 0 amide bonds. The van der Waals surface area contributed by atoms with Crippen molar-refractivity contribution in [2.45, 2.75) is 50.7 Å². The zero-order valence-electron chi connectivity index (χ0n) is 12.2. The average Bonchev–Trinajstić information content (AvgIpc) is 2.27. The molecule has 0 saturated heterocycles. The lowest BCUT2D eigenvalue weighted by Crippen LogP contribution is -2.51. The Kier molecular flexibility index (Phi) is 4.32. The molecule has 1 aromatic rings. The molecule has 2 N–H and O–H groups in total. The third-order valence-corrected chi connectivity index (χ3v) is 5.33. The maximum Gasteiger partial charge on any atom is 0.178 e. The lowest BCUT2D eigenvalue weighted by Gasteiger charge is -2.38. The van der Waals surface area contributed by atoms with Gasteiger partial charge in [-0.3, -0.25) is 0 Å². The second kappa shape index (κ2) is 5.13. The van der Waals surface area contributed by atoms with E-state index >= 15 is 0 Å². The van der Waals surface area contributed by atoms with E-state index in [1.54, 1.807) is 45.0 Å². The zero-order valence-corrected chi connectivity index (χ0v) is 13.0. The van der Waals surface area contributed by atoms with Crippen molar-refractivity contribution in [1.82, 2.24) is 0 Å². The topological polar surface area (TPSA) is 66.4 Å². The van der Waals surface area contributed by atoms with Gasteiger partial charge in [0.1, 0.15) is 0 Å². The minimum atomic E-state index is -3.16. The molecule has 0 atom stereocenters. The Bertz CT molecular complexity index is 525. The maximum atomic E-state index is 11.7. The second-order valence-electron chi connectivity index (χ2n) is 5.74. The summed E-state index contributed by atoms with van der Waals surface area (Å²) in [6.45, 7) is 8.87. The van der Waals surface area contributed by atoms with E-state index < -0.39 is 21.0 Å². The predicted octanol–water partition coefficient (Wildman–Crippen LogP) is 2.44. The van der Waals surface area contributed by atoms with E-state index in [-0.39, 0.29) is 5.75 Å². The van der Waals surface area contributed by atoms with Gasteiger partial charge >= 0.3 is 0 Å². The maximum absolute atomic E-state index is 11.7. The van der Waals surface area contributed by atoms with Crippen molar-refractivity contribution in [2.24, 2.45) is 0 Å². The molecule has 0 radical (unpaired) electrons. The summed E-state index contributed by atoms with van der Waals surface area (Å²) in [5.41, 5.74) is -0.651. The molecule has 0 aliphatic rings. The first-order valence-electron chi connectivity index (χ1n) is 6.33. The molecule has 1 rings (SSSR count). The van der Waals surface area contributed by atoms with E-state index in [0.29, 0.717) is 4.90 Å². The summed E-state index contributed by atoms with van der Waals surface area (Å²) in [7, 11) is -3.16. The summed E-state index contributed by atoms with van der Waals surface area (Å²) in [4.78, 5) is 0.321. The van der Waals surface area contributed by atoms with E-state index in [0.717, 1.165) is 5.69 Å². The monoisotopic (exact) mass is 285 g/mol. The number of hydrogen-bond donors (Lipinski definition) is 2. The van der Waals surface area contributed by atoms with Gasteiger partial charge in [0.2, 0.25) is 0 Å². The summed E-state index contributed by atoms with van der Waals surface area (Å²) in [6.07, 6.45) is 0. The smallest absolute Gasteiger partial charge is 0.178 e. The van der Waals surface area contributed by atoms with E-state index in [9.17, 15) is 13.5 Å². The van der Waals surface area contributed by atoms with Crippen molar-refractivity contribution in [1.29, 1.82) is 0 Å². The molecule has 4 nitrogen and oxygen atoms in total.